The second-order valence-electron chi connectivity index (χ2n) is 4.15. The van der Waals surface area contributed by atoms with E-state index in [0.717, 1.165) is 10.9 Å². The van der Waals surface area contributed by atoms with Crippen LogP contribution in [0.15, 0.2) is 34.1 Å². The summed E-state index contributed by atoms with van der Waals surface area (Å²) in [5.41, 5.74) is -2.22. The van der Waals surface area contributed by atoms with Crippen molar-refractivity contribution in [2.45, 2.75) is 6.18 Å². The zero-order valence-electron chi connectivity index (χ0n) is 10.8. The third kappa shape index (κ3) is 2.86. The number of nitriles is 1. The van der Waals surface area contributed by atoms with Crippen LogP contribution in [-0.2, 0) is 13.2 Å². The van der Waals surface area contributed by atoms with E-state index in [1.165, 1.54) is 19.2 Å². The van der Waals surface area contributed by atoms with E-state index in [0.29, 0.717) is 0 Å². The molecule has 0 saturated carbocycles. The number of alkyl halides is 3. The SMILES string of the molecule is Cn1[nH]c(C(F)(F)F)c(C=Nc2ccccc2C#N)c1=O. The third-order valence-corrected chi connectivity index (χ3v) is 2.72. The minimum Gasteiger partial charge on any atom is -0.291 e. The van der Waals surface area contributed by atoms with Crippen molar-refractivity contribution in [3.63, 3.8) is 0 Å². The van der Waals surface area contributed by atoms with E-state index in [4.69, 9.17) is 5.26 Å². The number of aliphatic imine (C=N–C) groups is 1. The Hall–Kier alpha value is -2.82. The molecule has 0 fully saturated rings. The molecular weight excluding hydrogens is 285 g/mol. The maximum absolute atomic E-state index is 12.8. The van der Waals surface area contributed by atoms with E-state index in [1.807, 2.05) is 11.2 Å². The molecule has 1 N–H and O–H groups in total. The fourth-order valence-corrected chi connectivity index (χ4v) is 1.72. The Morgan fingerprint density at radius 2 is 2.05 bits per heavy atom. The number of H-pyrrole nitrogens is 1. The molecule has 21 heavy (non-hydrogen) atoms. The summed E-state index contributed by atoms with van der Waals surface area (Å²) in [7, 11) is 1.18. The van der Waals surface area contributed by atoms with Gasteiger partial charge < -0.3 is 0 Å². The van der Waals surface area contributed by atoms with Crippen LogP contribution in [0.25, 0.3) is 0 Å². The van der Waals surface area contributed by atoms with Crippen molar-refractivity contribution >= 4 is 11.9 Å². The molecule has 0 spiro atoms. The van der Waals surface area contributed by atoms with Crippen molar-refractivity contribution in [1.29, 1.82) is 5.26 Å². The average molecular weight is 294 g/mol. The number of aromatic amines is 1. The minimum atomic E-state index is -4.70. The maximum atomic E-state index is 12.8. The molecule has 2 aromatic rings. The lowest BCUT2D eigenvalue weighted by atomic mass is 10.2. The van der Waals surface area contributed by atoms with Crippen molar-refractivity contribution in [1.82, 2.24) is 9.78 Å². The van der Waals surface area contributed by atoms with E-state index >= 15 is 0 Å². The highest BCUT2D eigenvalue weighted by Gasteiger charge is 2.37. The summed E-state index contributed by atoms with van der Waals surface area (Å²) in [5, 5.41) is 10.8. The van der Waals surface area contributed by atoms with Crippen molar-refractivity contribution in [3.8, 4) is 6.07 Å². The second-order valence-corrected chi connectivity index (χ2v) is 4.15. The Balaban J connectivity index is 2.52. The van der Waals surface area contributed by atoms with Gasteiger partial charge in [0.05, 0.1) is 16.8 Å². The molecule has 108 valence electrons. The molecule has 0 aliphatic rings. The monoisotopic (exact) mass is 294 g/mol. The van der Waals surface area contributed by atoms with Gasteiger partial charge in [0.25, 0.3) is 5.56 Å². The Labute approximate surface area is 117 Å². The van der Waals surface area contributed by atoms with Gasteiger partial charge in [-0.15, -0.1) is 0 Å². The smallest absolute Gasteiger partial charge is 0.291 e. The van der Waals surface area contributed by atoms with E-state index in [9.17, 15) is 18.0 Å². The van der Waals surface area contributed by atoms with Gasteiger partial charge in [0.15, 0.2) is 5.69 Å². The quantitative estimate of drug-likeness (QED) is 0.863. The molecule has 0 aliphatic carbocycles. The van der Waals surface area contributed by atoms with Crippen LogP contribution in [0.1, 0.15) is 16.8 Å². The summed E-state index contributed by atoms with van der Waals surface area (Å²) in [6.45, 7) is 0. The largest absolute Gasteiger partial charge is 0.433 e. The van der Waals surface area contributed by atoms with Crippen LogP contribution in [0.2, 0.25) is 0 Å². The highest BCUT2D eigenvalue weighted by atomic mass is 19.4. The summed E-state index contributed by atoms with van der Waals surface area (Å²) in [4.78, 5) is 15.5. The van der Waals surface area contributed by atoms with Crippen LogP contribution >= 0.6 is 0 Å². The number of hydrogen-bond donors (Lipinski definition) is 1. The summed E-state index contributed by atoms with van der Waals surface area (Å²) < 4.78 is 39.2. The van der Waals surface area contributed by atoms with Crippen LogP contribution in [0.5, 0.6) is 0 Å². The molecule has 0 unspecified atom stereocenters. The van der Waals surface area contributed by atoms with Crippen LogP contribution < -0.4 is 5.56 Å². The lowest BCUT2D eigenvalue weighted by molar-refractivity contribution is -0.141. The van der Waals surface area contributed by atoms with Gasteiger partial charge in [0.2, 0.25) is 0 Å². The summed E-state index contributed by atoms with van der Waals surface area (Å²) in [6, 6.07) is 8.02. The maximum Gasteiger partial charge on any atom is 0.433 e. The Kier molecular flexibility index (Phi) is 3.67. The highest BCUT2D eigenvalue weighted by Crippen LogP contribution is 2.28. The average Bonchev–Trinajstić information content (AvgIpc) is 2.73. The van der Waals surface area contributed by atoms with Crippen molar-refractivity contribution in [2.75, 3.05) is 0 Å². The molecule has 0 saturated heterocycles. The fraction of sp³-hybridized carbons (Fsp3) is 0.154. The van der Waals surface area contributed by atoms with Crippen LogP contribution in [0, 0.1) is 11.3 Å². The molecule has 5 nitrogen and oxygen atoms in total. The number of nitrogens with zero attached hydrogens (tertiary/aromatic N) is 3. The van der Waals surface area contributed by atoms with E-state index in [1.54, 1.807) is 12.1 Å². The van der Waals surface area contributed by atoms with Gasteiger partial charge in [-0.2, -0.15) is 18.4 Å². The predicted octanol–water partition coefficient (Wildman–Crippen LogP) is 2.35. The van der Waals surface area contributed by atoms with Gasteiger partial charge in [-0.05, 0) is 12.1 Å². The number of rotatable bonds is 2. The number of aromatic nitrogens is 2. The van der Waals surface area contributed by atoms with Gasteiger partial charge in [-0.25, -0.2) is 0 Å². The van der Waals surface area contributed by atoms with Gasteiger partial charge in [0, 0.05) is 13.3 Å². The van der Waals surface area contributed by atoms with Crippen molar-refractivity contribution in [2.24, 2.45) is 12.0 Å². The summed E-state index contributed by atoms with van der Waals surface area (Å²) >= 11 is 0. The van der Waals surface area contributed by atoms with E-state index in [-0.39, 0.29) is 11.3 Å². The number of aryl methyl sites for hydroxylation is 1. The highest BCUT2D eigenvalue weighted by molar-refractivity contribution is 5.83. The van der Waals surface area contributed by atoms with Crippen LogP contribution in [0.4, 0.5) is 18.9 Å². The minimum absolute atomic E-state index is 0.191. The topological polar surface area (TPSA) is 73.9 Å². The Morgan fingerprint density at radius 1 is 1.38 bits per heavy atom. The van der Waals surface area contributed by atoms with Crippen molar-refractivity contribution < 1.29 is 13.2 Å². The predicted molar refractivity (Wildman–Crippen MR) is 69.4 cm³/mol. The van der Waals surface area contributed by atoms with Crippen molar-refractivity contribution in [3.05, 3.63) is 51.4 Å². The van der Waals surface area contributed by atoms with Gasteiger partial charge in [-0.1, -0.05) is 12.1 Å². The second kappa shape index (κ2) is 5.28. The normalized spacial score (nSPS) is 11.8. The zero-order chi connectivity index (χ0) is 15.6. The van der Waals surface area contributed by atoms with Gasteiger partial charge >= 0.3 is 6.18 Å². The third-order valence-electron chi connectivity index (χ3n) is 2.72. The first-order chi connectivity index (χ1) is 9.84. The molecule has 1 aromatic heterocycles. The molecular formula is C13H9F3N4O. The molecule has 8 heteroatoms. The number of benzene rings is 1. The summed E-state index contributed by atoms with van der Waals surface area (Å²) in [5.74, 6) is 0. The Bertz CT molecular complexity index is 793. The lowest BCUT2D eigenvalue weighted by Crippen LogP contribution is -2.15. The molecule has 0 radical (unpaired) electrons. The molecule has 1 aromatic carbocycles. The fourth-order valence-electron chi connectivity index (χ4n) is 1.72. The molecule has 0 bridgehead atoms. The van der Waals surface area contributed by atoms with E-state index < -0.39 is 23.0 Å². The Morgan fingerprint density at radius 3 is 2.67 bits per heavy atom. The zero-order valence-corrected chi connectivity index (χ0v) is 10.8. The first kappa shape index (κ1) is 14.6. The number of para-hydroxylation sites is 1. The summed E-state index contributed by atoms with van der Waals surface area (Å²) in [6.07, 6.45) is -3.88. The lowest BCUT2D eigenvalue weighted by Gasteiger charge is -2.03. The van der Waals surface area contributed by atoms with Gasteiger partial charge in [-0.3, -0.25) is 19.6 Å². The number of nitrogens with one attached hydrogen (secondary N) is 1. The number of hydrogen-bond acceptors (Lipinski definition) is 3. The number of halogens is 3. The molecule has 0 atom stereocenters. The van der Waals surface area contributed by atoms with Gasteiger partial charge in [0.1, 0.15) is 6.07 Å². The standard InChI is InChI=1S/C13H9F3N4O/c1-20-12(21)9(11(19-20)13(14,15)16)7-18-10-5-3-2-4-8(10)6-17/h2-5,7,19H,1H3. The molecule has 0 amide bonds. The first-order valence-corrected chi connectivity index (χ1v) is 5.74. The molecule has 0 aliphatic heterocycles. The van der Waals surface area contributed by atoms with Crippen LogP contribution in [0.3, 0.4) is 0 Å². The molecule has 1 heterocycles. The first-order valence-electron chi connectivity index (χ1n) is 5.74. The van der Waals surface area contributed by atoms with E-state index in [2.05, 4.69) is 4.99 Å². The van der Waals surface area contributed by atoms with Crippen LogP contribution in [-0.4, -0.2) is 16.0 Å². The molecule has 2 rings (SSSR count).